The zero-order valence-electron chi connectivity index (χ0n) is 17.3. The first-order valence-electron chi connectivity index (χ1n) is 10.2. The largest absolute Gasteiger partial charge is 0.494 e. The van der Waals surface area contributed by atoms with E-state index in [1.807, 2.05) is 12.1 Å². The Morgan fingerprint density at radius 2 is 1.72 bits per heavy atom. The van der Waals surface area contributed by atoms with Gasteiger partial charge in [-0.3, -0.25) is 0 Å². The maximum absolute atomic E-state index is 5.51. The van der Waals surface area contributed by atoms with E-state index in [0.717, 1.165) is 33.9 Å². The van der Waals surface area contributed by atoms with Crippen molar-refractivity contribution in [2.24, 2.45) is 0 Å². The molecule has 0 spiro atoms. The Morgan fingerprint density at radius 3 is 2.45 bits per heavy atom. The van der Waals surface area contributed by atoms with Crippen LogP contribution >= 0.6 is 12.6 Å². The standard InChI is InChI=1S/C23H29N3O2S/c1-26(15-9-5-4-6-10-15)17-12-8-7-11-16(17)22(29)23-24-20-18(27-2)13-14-19(28-3)21(20)25-23/h7-8,11-15,22,29H,4-6,9-10H2,1-3H3,(H,24,25). The van der Waals surface area contributed by atoms with Gasteiger partial charge in [0.2, 0.25) is 0 Å². The van der Waals surface area contributed by atoms with Gasteiger partial charge in [0.25, 0.3) is 0 Å². The van der Waals surface area contributed by atoms with Crippen LogP contribution in [0.25, 0.3) is 11.0 Å². The highest BCUT2D eigenvalue weighted by molar-refractivity contribution is 7.80. The molecule has 0 saturated heterocycles. The van der Waals surface area contributed by atoms with E-state index in [1.165, 1.54) is 37.8 Å². The number of benzene rings is 2. The number of fused-ring (bicyclic) bond motifs is 1. The minimum atomic E-state index is -0.181. The van der Waals surface area contributed by atoms with Crippen molar-refractivity contribution in [2.45, 2.75) is 43.4 Å². The van der Waals surface area contributed by atoms with Crippen molar-refractivity contribution in [3.8, 4) is 11.5 Å². The lowest BCUT2D eigenvalue weighted by Crippen LogP contribution is -2.34. The van der Waals surface area contributed by atoms with E-state index in [9.17, 15) is 0 Å². The summed E-state index contributed by atoms with van der Waals surface area (Å²) >= 11 is 4.97. The summed E-state index contributed by atoms with van der Waals surface area (Å²) in [5.74, 6) is 2.25. The zero-order chi connectivity index (χ0) is 20.4. The first kappa shape index (κ1) is 20.0. The predicted octanol–water partition coefficient (Wildman–Crippen LogP) is 5.37. The number of aromatic amines is 1. The second-order valence-corrected chi connectivity index (χ2v) is 8.20. The topological polar surface area (TPSA) is 50.4 Å². The van der Waals surface area contributed by atoms with Crippen molar-refractivity contribution in [3.63, 3.8) is 0 Å². The van der Waals surface area contributed by atoms with Gasteiger partial charge in [-0.15, -0.1) is 0 Å². The normalized spacial score (nSPS) is 16.0. The molecule has 1 aliphatic carbocycles. The zero-order valence-corrected chi connectivity index (χ0v) is 18.2. The average molecular weight is 412 g/mol. The molecule has 3 aromatic rings. The van der Waals surface area contributed by atoms with Crippen LogP contribution in [0.5, 0.6) is 11.5 Å². The SMILES string of the molecule is COc1ccc(OC)c2[nH]c(C(S)c3ccccc3N(C)C3CCCCC3)nc12. The number of hydrogen-bond donors (Lipinski definition) is 2. The van der Waals surface area contributed by atoms with Gasteiger partial charge in [0, 0.05) is 18.8 Å². The Balaban J connectivity index is 1.72. The van der Waals surface area contributed by atoms with Gasteiger partial charge in [0.1, 0.15) is 28.4 Å². The molecule has 154 valence electrons. The van der Waals surface area contributed by atoms with Crippen LogP contribution in [0.1, 0.15) is 48.7 Å². The van der Waals surface area contributed by atoms with Crippen LogP contribution < -0.4 is 14.4 Å². The Bertz CT molecular complexity index is 940. The third-order valence-corrected chi connectivity index (χ3v) is 6.54. The van der Waals surface area contributed by atoms with Crippen LogP contribution in [-0.2, 0) is 0 Å². The molecule has 2 aromatic carbocycles. The fourth-order valence-electron chi connectivity index (χ4n) is 4.38. The molecule has 1 aliphatic rings. The van der Waals surface area contributed by atoms with Crippen molar-refractivity contribution in [3.05, 3.63) is 47.8 Å². The molecule has 5 nitrogen and oxygen atoms in total. The summed E-state index contributed by atoms with van der Waals surface area (Å²) in [5, 5.41) is -0.181. The van der Waals surface area contributed by atoms with Gasteiger partial charge in [0.05, 0.1) is 19.5 Å². The number of imidazole rings is 1. The van der Waals surface area contributed by atoms with E-state index in [-0.39, 0.29) is 5.25 Å². The Morgan fingerprint density at radius 1 is 1.03 bits per heavy atom. The first-order chi connectivity index (χ1) is 14.1. The molecule has 1 N–H and O–H groups in total. The number of methoxy groups -OCH3 is 2. The van der Waals surface area contributed by atoms with Crippen molar-refractivity contribution < 1.29 is 9.47 Å². The lowest BCUT2D eigenvalue weighted by molar-refractivity contribution is 0.409. The minimum absolute atomic E-state index is 0.181. The van der Waals surface area contributed by atoms with E-state index in [1.54, 1.807) is 14.2 Å². The fourth-order valence-corrected chi connectivity index (χ4v) is 4.72. The second-order valence-electron chi connectivity index (χ2n) is 7.68. The number of thiol groups is 1. The number of ether oxygens (including phenoxy) is 2. The van der Waals surface area contributed by atoms with Crippen molar-refractivity contribution in [1.29, 1.82) is 0 Å². The van der Waals surface area contributed by atoms with Crippen LogP contribution in [0.4, 0.5) is 5.69 Å². The van der Waals surface area contributed by atoms with Gasteiger partial charge < -0.3 is 19.4 Å². The van der Waals surface area contributed by atoms with Gasteiger partial charge in [-0.2, -0.15) is 12.6 Å². The number of H-pyrrole nitrogens is 1. The number of para-hydroxylation sites is 1. The summed E-state index contributed by atoms with van der Waals surface area (Å²) in [6, 6.07) is 12.9. The molecule has 1 aromatic heterocycles. The molecule has 1 saturated carbocycles. The molecule has 1 atom stereocenters. The first-order valence-corrected chi connectivity index (χ1v) is 10.8. The monoisotopic (exact) mass is 411 g/mol. The van der Waals surface area contributed by atoms with Crippen LogP contribution in [0.2, 0.25) is 0 Å². The lowest BCUT2D eigenvalue weighted by Gasteiger charge is -2.34. The van der Waals surface area contributed by atoms with Gasteiger partial charge in [-0.05, 0) is 36.6 Å². The van der Waals surface area contributed by atoms with Gasteiger partial charge in [-0.1, -0.05) is 37.5 Å². The van der Waals surface area contributed by atoms with E-state index in [4.69, 9.17) is 27.1 Å². The van der Waals surface area contributed by atoms with Crippen molar-refractivity contribution >= 4 is 29.3 Å². The highest BCUT2D eigenvalue weighted by Gasteiger charge is 2.24. The molecular formula is C23H29N3O2S. The number of aromatic nitrogens is 2. The number of rotatable bonds is 6. The molecule has 1 heterocycles. The molecule has 29 heavy (non-hydrogen) atoms. The summed E-state index contributed by atoms with van der Waals surface area (Å²) in [6.45, 7) is 0. The van der Waals surface area contributed by atoms with E-state index >= 15 is 0 Å². The van der Waals surface area contributed by atoms with Crippen LogP contribution in [-0.4, -0.2) is 37.3 Å². The van der Waals surface area contributed by atoms with Crippen LogP contribution in [0.15, 0.2) is 36.4 Å². The van der Waals surface area contributed by atoms with E-state index in [0.29, 0.717) is 6.04 Å². The summed E-state index contributed by atoms with van der Waals surface area (Å²) in [5.41, 5.74) is 3.97. The summed E-state index contributed by atoms with van der Waals surface area (Å²) < 4.78 is 11.0. The van der Waals surface area contributed by atoms with Gasteiger partial charge in [-0.25, -0.2) is 4.98 Å². The van der Waals surface area contributed by atoms with E-state index in [2.05, 4.69) is 41.2 Å². The van der Waals surface area contributed by atoms with Crippen molar-refractivity contribution in [1.82, 2.24) is 9.97 Å². The Labute approximate surface area is 177 Å². The predicted molar refractivity (Wildman–Crippen MR) is 122 cm³/mol. The maximum atomic E-state index is 5.51. The third-order valence-electron chi connectivity index (χ3n) is 6.02. The highest BCUT2D eigenvalue weighted by atomic mass is 32.1. The van der Waals surface area contributed by atoms with Crippen molar-refractivity contribution in [2.75, 3.05) is 26.2 Å². The minimum Gasteiger partial charge on any atom is -0.494 e. The number of hydrogen-bond acceptors (Lipinski definition) is 5. The molecule has 0 radical (unpaired) electrons. The van der Waals surface area contributed by atoms with Crippen LogP contribution in [0.3, 0.4) is 0 Å². The number of anilines is 1. The molecule has 0 aliphatic heterocycles. The third kappa shape index (κ3) is 3.78. The second kappa shape index (κ2) is 8.57. The smallest absolute Gasteiger partial charge is 0.146 e. The molecule has 4 rings (SSSR count). The number of nitrogens with one attached hydrogen (secondary N) is 1. The average Bonchev–Trinajstić information content (AvgIpc) is 3.23. The molecule has 0 bridgehead atoms. The summed E-state index contributed by atoms with van der Waals surface area (Å²) in [7, 11) is 5.52. The quantitative estimate of drug-likeness (QED) is 0.536. The maximum Gasteiger partial charge on any atom is 0.146 e. The molecule has 0 amide bonds. The fraction of sp³-hybridized carbons (Fsp3) is 0.435. The summed E-state index contributed by atoms with van der Waals surface area (Å²) in [6.07, 6.45) is 6.47. The van der Waals surface area contributed by atoms with Crippen LogP contribution in [0, 0.1) is 0 Å². The van der Waals surface area contributed by atoms with Gasteiger partial charge >= 0.3 is 0 Å². The molecular weight excluding hydrogens is 382 g/mol. The Kier molecular flexibility index (Phi) is 5.90. The van der Waals surface area contributed by atoms with Gasteiger partial charge in [0.15, 0.2) is 0 Å². The Hall–Kier alpha value is -2.34. The lowest BCUT2D eigenvalue weighted by atomic mass is 9.93. The summed E-state index contributed by atoms with van der Waals surface area (Å²) in [4.78, 5) is 10.7. The molecule has 1 unspecified atom stereocenters. The van der Waals surface area contributed by atoms with E-state index < -0.39 is 0 Å². The number of nitrogens with zero attached hydrogens (tertiary/aromatic N) is 2. The molecule has 6 heteroatoms. The molecule has 1 fully saturated rings. The highest BCUT2D eigenvalue weighted by Crippen LogP contribution is 2.39.